The summed E-state index contributed by atoms with van der Waals surface area (Å²) in [6.45, 7) is 1.86. The topological polar surface area (TPSA) is 23.5 Å². The van der Waals surface area contributed by atoms with Gasteiger partial charge in [0.15, 0.2) is 0 Å². The molecule has 2 nitrogen and oxygen atoms in total. The van der Waals surface area contributed by atoms with Crippen molar-refractivity contribution in [3.63, 3.8) is 0 Å². The minimum atomic E-state index is -0.556. The first kappa shape index (κ1) is 11.5. The smallest absolute Gasteiger partial charge is 0.130 e. The van der Waals surface area contributed by atoms with Crippen molar-refractivity contribution in [2.24, 2.45) is 0 Å². The van der Waals surface area contributed by atoms with Gasteiger partial charge in [0, 0.05) is 24.7 Å². The average molecular weight is 227 g/mol. The number of rotatable bonds is 2. The highest BCUT2D eigenvalue weighted by Crippen LogP contribution is 2.16. The van der Waals surface area contributed by atoms with E-state index >= 15 is 0 Å². The lowest BCUT2D eigenvalue weighted by atomic mass is 10.1. The van der Waals surface area contributed by atoms with E-state index in [4.69, 9.17) is 0 Å². The molecule has 1 saturated heterocycles. The van der Waals surface area contributed by atoms with Gasteiger partial charge in [0.2, 0.25) is 0 Å². The van der Waals surface area contributed by atoms with Crippen molar-refractivity contribution in [1.82, 2.24) is 4.90 Å². The molecule has 1 N–H and O–H groups in total. The zero-order valence-electron chi connectivity index (χ0n) is 9.00. The van der Waals surface area contributed by atoms with Gasteiger partial charge in [0.25, 0.3) is 0 Å². The number of piperidine rings is 1. The Balaban J connectivity index is 2.02. The molecule has 1 aromatic carbocycles. The van der Waals surface area contributed by atoms with Gasteiger partial charge in [-0.1, -0.05) is 6.07 Å². The van der Waals surface area contributed by atoms with Crippen molar-refractivity contribution in [1.29, 1.82) is 0 Å². The molecule has 0 saturated carbocycles. The molecule has 4 heteroatoms. The molecule has 1 aliphatic rings. The zero-order chi connectivity index (χ0) is 11.5. The lowest BCUT2D eigenvalue weighted by Crippen LogP contribution is -2.37. The minimum absolute atomic E-state index is 0.322. The number of nitrogens with zero attached hydrogens (tertiary/aromatic N) is 1. The van der Waals surface area contributed by atoms with Crippen molar-refractivity contribution >= 4 is 0 Å². The summed E-state index contributed by atoms with van der Waals surface area (Å²) in [5, 5.41) is 9.48. The Labute approximate surface area is 93.5 Å². The summed E-state index contributed by atoms with van der Waals surface area (Å²) in [6, 6.07) is 3.63. The Morgan fingerprint density at radius 3 is 2.88 bits per heavy atom. The molecule has 0 radical (unpaired) electrons. The average Bonchev–Trinajstić information content (AvgIpc) is 2.22. The highest BCUT2D eigenvalue weighted by molar-refractivity contribution is 5.18. The van der Waals surface area contributed by atoms with Crippen LogP contribution in [-0.2, 0) is 6.54 Å². The normalized spacial score (nSPS) is 22.3. The molecule has 0 aromatic heterocycles. The first-order chi connectivity index (χ1) is 7.65. The third kappa shape index (κ3) is 2.77. The maximum Gasteiger partial charge on any atom is 0.130 e. The van der Waals surface area contributed by atoms with Crippen LogP contribution >= 0.6 is 0 Å². The summed E-state index contributed by atoms with van der Waals surface area (Å²) in [5.41, 5.74) is 0.482. The Hall–Kier alpha value is -1.00. The fourth-order valence-electron chi connectivity index (χ4n) is 2.07. The van der Waals surface area contributed by atoms with E-state index in [1.165, 1.54) is 12.1 Å². The number of likely N-dealkylation sites (tertiary alicyclic amines) is 1. The first-order valence-corrected chi connectivity index (χ1v) is 5.49. The second-order valence-corrected chi connectivity index (χ2v) is 4.27. The van der Waals surface area contributed by atoms with Crippen molar-refractivity contribution < 1.29 is 13.9 Å². The van der Waals surface area contributed by atoms with Crippen molar-refractivity contribution in [3.8, 4) is 0 Å². The number of halogens is 2. The molecular weight excluding hydrogens is 212 g/mol. The third-order valence-corrected chi connectivity index (χ3v) is 2.89. The summed E-state index contributed by atoms with van der Waals surface area (Å²) in [4.78, 5) is 1.99. The number of hydrogen-bond donors (Lipinski definition) is 1. The van der Waals surface area contributed by atoms with Gasteiger partial charge >= 0.3 is 0 Å². The number of aliphatic hydroxyl groups is 1. The monoisotopic (exact) mass is 227 g/mol. The summed E-state index contributed by atoms with van der Waals surface area (Å²) in [6.07, 6.45) is 1.41. The van der Waals surface area contributed by atoms with E-state index in [2.05, 4.69) is 0 Å². The second kappa shape index (κ2) is 4.89. The van der Waals surface area contributed by atoms with Crippen LogP contribution in [0.2, 0.25) is 0 Å². The number of aliphatic hydroxyl groups excluding tert-OH is 1. The molecule has 16 heavy (non-hydrogen) atoms. The van der Waals surface area contributed by atoms with E-state index in [-0.39, 0.29) is 6.10 Å². The maximum absolute atomic E-state index is 13.4. The van der Waals surface area contributed by atoms with Crippen molar-refractivity contribution in [2.75, 3.05) is 13.1 Å². The molecule has 1 fully saturated rings. The molecule has 1 unspecified atom stereocenters. The first-order valence-electron chi connectivity index (χ1n) is 5.49. The molecule has 1 aromatic rings. The van der Waals surface area contributed by atoms with E-state index in [1.54, 1.807) is 0 Å². The predicted molar refractivity (Wildman–Crippen MR) is 56.9 cm³/mol. The summed E-state index contributed by atoms with van der Waals surface area (Å²) >= 11 is 0. The van der Waals surface area contributed by atoms with Gasteiger partial charge in [-0.3, -0.25) is 4.90 Å². The fourth-order valence-corrected chi connectivity index (χ4v) is 2.07. The largest absolute Gasteiger partial charge is 0.392 e. The van der Waals surface area contributed by atoms with Crippen LogP contribution in [0.5, 0.6) is 0 Å². The molecule has 0 bridgehead atoms. The molecule has 0 aliphatic carbocycles. The van der Waals surface area contributed by atoms with Gasteiger partial charge in [-0.05, 0) is 25.5 Å². The van der Waals surface area contributed by atoms with Gasteiger partial charge < -0.3 is 5.11 Å². The van der Waals surface area contributed by atoms with E-state index in [9.17, 15) is 13.9 Å². The van der Waals surface area contributed by atoms with Crippen molar-refractivity contribution in [3.05, 3.63) is 35.4 Å². The highest BCUT2D eigenvalue weighted by Gasteiger charge is 2.18. The van der Waals surface area contributed by atoms with E-state index < -0.39 is 11.6 Å². The Morgan fingerprint density at radius 1 is 1.38 bits per heavy atom. The van der Waals surface area contributed by atoms with Gasteiger partial charge in [-0.15, -0.1) is 0 Å². The number of hydrogen-bond acceptors (Lipinski definition) is 2. The van der Waals surface area contributed by atoms with E-state index in [1.807, 2.05) is 4.90 Å². The molecule has 1 heterocycles. The third-order valence-electron chi connectivity index (χ3n) is 2.89. The summed E-state index contributed by atoms with van der Waals surface area (Å²) in [5.74, 6) is -1.07. The molecular formula is C12H15F2NO. The zero-order valence-corrected chi connectivity index (χ0v) is 9.00. The molecule has 1 aliphatic heterocycles. The molecule has 1 atom stereocenters. The molecule has 0 spiro atoms. The lowest BCUT2D eigenvalue weighted by Gasteiger charge is -2.30. The van der Waals surface area contributed by atoms with Gasteiger partial charge in [-0.25, -0.2) is 8.78 Å². The van der Waals surface area contributed by atoms with Gasteiger partial charge in [0.05, 0.1) is 6.10 Å². The highest BCUT2D eigenvalue weighted by atomic mass is 19.1. The standard InChI is InChI=1S/C12H15F2NO/c13-10-4-3-9(12(14)6-10)7-15-5-1-2-11(16)8-15/h3-4,6,11,16H,1-2,5,7-8H2. The van der Waals surface area contributed by atoms with Crippen LogP contribution in [0.1, 0.15) is 18.4 Å². The quantitative estimate of drug-likeness (QED) is 0.834. The lowest BCUT2D eigenvalue weighted by molar-refractivity contribution is 0.0662. The predicted octanol–water partition coefficient (Wildman–Crippen LogP) is 1.92. The van der Waals surface area contributed by atoms with Crippen LogP contribution in [0.4, 0.5) is 8.78 Å². The van der Waals surface area contributed by atoms with Crippen molar-refractivity contribution in [2.45, 2.75) is 25.5 Å². The number of benzene rings is 1. The Kier molecular flexibility index (Phi) is 3.51. The van der Waals surface area contributed by atoms with E-state index in [0.717, 1.165) is 25.5 Å². The fraction of sp³-hybridized carbons (Fsp3) is 0.500. The van der Waals surface area contributed by atoms with Gasteiger partial charge in [0.1, 0.15) is 11.6 Å². The molecule has 0 amide bonds. The van der Waals surface area contributed by atoms with Crippen LogP contribution in [0.3, 0.4) is 0 Å². The van der Waals surface area contributed by atoms with Gasteiger partial charge in [-0.2, -0.15) is 0 Å². The maximum atomic E-state index is 13.4. The van der Waals surface area contributed by atoms with Crippen LogP contribution < -0.4 is 0 Å². The van der Waals surface area contributed by atoms with E-state index in [0.29, 0.717) is 18.7 Å². The Bertz CT molecular complexity index is 370. The summed E-state index contributed by atoms with van der Waals surface area (Å²) in [7, 11) is 0. The summed E-state index contributed by atoms with van der Waals surface area (Å²) < 4.78 is 26.1. The minimum Gasteiger partial charge on any atom is -0.392 e. The van der Waals surface area contributed by atoms with Crippen LogP contribution in [0, 0.1) is 11.6 Å². The molecule has 88 valence electrons. The number of β-amino-alcohol motifs (C(OH)–C–C–N with tert-alkyl or cyclic N) is 1. The van der Waals surface area contributed by atoms with Crippen LogP contribution in [-0.4, -0.2) is 29.2 Å². The van der Waals surface area contributed by atoms with Crippen LogP contribution in [0.15, 0.2) is 18.2 Å². The molecule has 2 rings (SSSR count). The second-order valence-electron chi connectivity index (χ2n) is 4.27. The van der Waals surface area contributed by atoms with Crippen LogP contribution in [0.25, 0.3) is 0 Å². The Morgan fingerprint density at radius 2 is 2.19 bits per heavy atom. The SMILES string of the molecule is OC1CCCN(Cc2ccc(F)cc2F)C1.